The first kappa shape index (κ1) is 21.5. The van der Waals surface area contributed by atoms with E-state index in [1.54, 1.807) is 18.2 Å². The molecule has 6 heteroatoms. The first-order valence-corrected chi connectivity index (χ1v) is 10.4. The zero-order valence-corrected chi connectivity index (χ0v) is 18.0. The Morgan fingerprint density at radius 3 is 2.30 bits per heavy atom. The van der Waals surface area contributed by atoms with Crippen LogP contribution in [0.1, 0.15) is 11.4 Å². The molecule has 0 saturated heterocycles. The molecule has 4 aromatic rings. The second kappa shape index (κ2) is 10.0. The molecule has 1 amide bonds. The normalized spacial score (nSPS) is 10.8. The van der Waals surface area contributed by atoms with Crippen molar-refractivity contribution in [2.45, 2.75) is 6.92 Å². The molecule has 1 heterocycles. The molecule has 0 atom stereocenters. The maximum absolute atomic E-state index is 12.6. The molecule has 160 valence electrons. The zero-order chi connectivity index (χ0) is 23.0. The summed E-state index contributed by atoms with van der Waals surface area (Å²) in [4.78, 5) is 21.6. The molecular weight excluding hydrogens is 410 g/mol. The van der Waals surface area contributed by atoms with Crippen LogP contribution in [0.2, 0.25) is 0 Å². The van der Waals surface area contributed by atoms with Gasteiger partial charge in [0.05, 0.1) is 5.69 Å². The lowest BCUT2D eigenvalue weighted by Crippen LogP contribution is -2.13. The van der Waals surface area contributed by atoms with Crippen LogP contribution in [0.25, 0.3) is 17.3 Å². The Morgan fingerprint density at radius 2 is 1.58 bits per heavy atom. The average Bonchev–Trinajstić information content (AvgIpc) is 2.83. The van der Waals surface area contributed by atoms with Gasteiger partial charge in [0.25, 0.3) is 5.91 Å². The predicted octanol–water partition coefficient (Wildman–Crippen LogP) is 5.74. The van der Waals surface area contributed by atoms with Crippen LogP contribution in [0.4, 0.5) is 17.2 Å². The summed E-state index contributed by atoms with van der Waals surface area (Å²) in [5.74, 6) is 0.822. The topological polar surface area (TPSA) is 90.7 Å². The van der Waals surface area contributed by atoms with Crippen molar-refractivity contribution in [1.29, 1.82) is 5.26 Å². The van der Waals surface area contributed by atoms with Gasteiger partial charge in [-0.15, -0.1) is 0 Å². The maximum atomic E-state index is 12.6. The van der Waals surface area contributed by atoms with E-state index in [9.17, 15) is 10.1 Å². The molecule has 0 fully saturated rings. The summed E-state index contributed by atoms with van der Waals surface area (Å²) in [6.45, 7) is 1.84. The Kier molecular flexibility index (Phi) is 6.53. The van der Waals surface area contributed by atoms with Gasteiger partial charge in [0, 0.05) is 23.0 Å². The zero-order valence-electron chi connectivity index (χ0n) is 18.0. The highest BCUT2D eigenvalue weighted by atomic mass is 16.1. The van der Waals surface area contributed by atoms with Crippen molar-refractivity contribution in [2.75, 3.05) is 10.6 Å². The number of hydrogen-bond acceptors (Lipinski definition) is 5. The fourth-order valence-electron chi connectivity index (χ4n) is 3.27. The highest BCUT2D eigenvalue weighted by Gasteiger charge is 2.10. The van der Waals surface area contributed by atoms with Crippen molar-refractivity contribution in [2.24, 2.45) is 0 Å². The lowest BCUT2D eigenvalue weighted by atomic mass is 10.1. The Bertz CT molecular complexity index is 1340. The minimum atomic E-state index is -0.470. The molecule has 0 aliphatic heterocycles. The van der Waals surface area contributed by atoms with E-state index in [4.69, 9.17) is 0 Å². The smallest absolute Gasteiger partial charge is 0.266 e. The van der Waals surface area contributed by atoms with Crippen molar-refractivity contribution >= 4 is 29.2 Å². The van der Waals surface area contributed by atoms with E-state index in [0.29, 0.717) is 17.3 Å². The van der Waals surface area contributed by atoms with Crippen LogP contribution in [0, 0.1) is 18.3 Å². The van der Waals surface area contributed by atoms with Crippen molar-refractivity contribution in [1.82, 2.24) is 9.97 Å². The van der Waals surface area contributed by atoms with E-state index in [0.717, 1.165) is 22.5 Å². The number of hydrogen-bond donors (Lipinski definition) is 2. The summed E-state index contributed by atoms with van der Waals surface area (Å²) in [7, 11) is 0. The summed E-state index contributed by atoms with van der Waals surface area (Å²) in [5, 5.41) is 15.5. The molecule has 0 bridgehead atoms. The highest BCUT2D eigenvalue weighted by molar-refractivity contribution is 6.09. The molecule has 0 aliphatic rings. The predicted molar refractivity (Wildman–Crippen MR) is 131 cm³/mol. The molecule has 1 aromatic heterocycles. The third-order valence-corrected chi connectivity index (χ3v) is 4.78. The van der Waals surface area contributed by atoms with E-state index in [-0.39, 0.29) is 5.57 Å². The van der Waals surface area contributed by atoms with Crippen LogP contribution in [0.5, 0.6) is 0 Å². The number of benzene rings is 3. The Hall–Kier alpha value is -4.76. The largest absolute Gasteiger partial charge is 0.340 e. The van der Waals surface area contributed by atoms with E-state index >= 15 is 0 Å². The molecule has 0 saturated carbocycles. The lowest BCUT2D eigenvalue weighted by molar-refractivity contribution is -0.112. The van der Waals surface area contributed by atoms with Crippen molar-refractivity contribution < 1.29 is 4.79 Å². The molecular formula is C27H21N5O. The fraction of sp³-hybridized carbons (Fsp3) is 0.0370. The maximum Gasteiger partial charge on any atom is 0.266 e. The van der Waals surface area contributed by atoms with Gasteiger partial charge >= 0.3 is 0 Å². The van der Waals surface area contributed by atoms with Gasteiger partial charge in [-0.25, -0.2) is 9.97 Å². The number of nitrogens with one attached hydrogen (secondary N) is 2. The van der Waals surface area contributed by atoms with Crippen LogP contribution in [0.15, 0.2) is 96.6 Å². The second-order valence-electron chi connectivity index (χ2n) is 7.29. The third kappa shape index (κ3) is 5.69. The van der Waals surface area contributed by atoms with Gasteiger partial charge in [-0.05, 0) is 36.8 Å². The number of amides is 1. The van der Waals surface area contributed by atoms with Crippen LogP contribution >= 0.6 is 0 Å². The quantitative estimate of drug-likeness (QED) is 0.300. The summed E-state index contributed by atoms with van der Waals surface area (Å²) in [5.41, 5.74) is 3.94. The summed E-state index contributed by atoms with van der Waals surface area (Å²) < 4.78 is 0. The van der Waals surface area contributed by atoms with E-state index in [2.05, 4.69) is 20.6 Å². The number of aryl methyl sites for hydroxylation is 1. The monoisotopic (exact) mass is 431 g/mol. The first-order chi connectivity index (χ1) is 16.1. The van der Waals surface area contributed by atoms with Gasteiger partial charge in [-0.3, -0.25) is 4.79 Å². The Morgan fingerprint density at radius 1 is 0.879 bits per heavy atom. The van der Waals surface area contributed by atoms with Gasteiger partial charge in [0.2, 0.25) is 0 Å². The Labute approximate surface area is 192 Å². The number of rotatable bonds is 6. The number of carbonyl (C=O) groups excluding carboxylic acids is 1. The molecule has 4 rings (SSSR count). The average molecular weight is 431 g/mol. The van der Waals surface area contributed by atoms with E-state index < -0.39 is 5.91 Å². The van der Waals surface area contributed by atoms with Gasteiger partial charge in [-0.1, -0.05) is 66.7 Å². The van der Waals surface area contributed by atoms with Gasteiger partial charge in [0.15, 0.2) is 0 Å². The van der Waals surface area contributed by atoms with E-state index in [1.165, 1.54) is 0 Å². The number of carbonyl (C=O) groups is 1. The van der Waals surface area contributed by atoms with E-state index in [1.807, 2.05) is 91.9 Å². The number of aromatic nitrogens is 2. The summed E-state index contributed by atoms with van der Waals surface area (Å²) in [6.07, 6.45) is 1.56. The molecule has 0 unspecified atom stereocenters. The SMILES string of the molecule is Cc1nc(Nc2cccc(NC(=O)/C(C#N)=C/c3ccccc3)c2)cc(-c2ccccc2)n1. The second-order valence-corrected chi connectivity index (χ2v) is 7.29. The number of anilines is 3. The molecule has 0 aliphatic carbocycles. The lowest BCUT2D eigenvalue weighted by Gasteiger charge is -2.11. The first-order valence-electron chi connectivity index (χ1n) is 10.4. The fourth-order valence-corrected chi connectivity index (χ4v) is 3.27. The highest BCUT2D eigenvalue weighted by Crippen LogP contribution is 2.24. The van der Waals surface area contributed by atoms with Gasteiger partial charge in [-0.2, -0.15) is 5.26 Å². The standard InChI is InChI=1S/C27H21N5O/c1-19-29-25(21-11-6-3-7-12-21)17-26(30-19)31-23-13-8-14-24(16-23)32-27(33)22(18-28)15-20-9-4-2-5-10-20/h2-17H,1H3,(H,32,33)(H,29,30,31)/b22-15+. The minimum Gasteiger partial charge on any atom is -0.340 e. The molecule has 0 radical (unpaired) electrons. The van der Waals surface area contributed by atoms with Gasteiger partial charge < -0.3 is 10.6 Å². The third-order valence-electron chi connectivity index (χ3n) is 4.78. The molecule has 0 spiro atoms. The Balaban J connectivity index is 1.52. The summed E-state index contributed by atoms with van der Waals surface area (Å²) >= 11 is 0. The minimum absolute atomic E-state index is 0.0264. The van der Waals surface area contributed by atoms with Crippen LogP contribution in [0.3, 0.4) is 0 Å². The van der Waals surface area contributed by atoms with Crippen LogP contribution < -0.4 is 10.6 Å². The van der Waals surface area contributed by atoms with Crippen LogP contribution in [-0.4, -0.2) is 15.9 Å². The van der Waals surface area contributed by atoms with Crippen LogP contribution in [-0.2, 0) is 4.79 Å². The molecule has 2 N–H and O–H groups in total. The number of nitrogens with zero attached hydrogens (tertiary/aromatic N) is 3. The van der Waals surface area contributed by atoms with Crippen molar-refractivity contribution in [3.8, 4) is 17.3 Å². The molecule has 33 heavy (non-hydrogen) atoms. The summed E-state index contributed by atoms with van der Waals surface area (Å²) in [6, 6.07) is 30.2. The van der Waals surface area contributed by atoms with Crippen molar-refractivity contribution in [3.63, 3.8) is 0 Å². The number of nitriles is 1. The van der Waals surface area contributed by atoms with Crippen molar-refractivity contribution in [3.05, 3.63) is 108 Å². The molecule has 3 aromatic carbocycles. The molecule has 6 nitrogen and oxygen atoms in total. The van der Waals surface area contributed by atoms with Gasteiger partial charge in [0.1, 0.15) is 23.3 Å².